The number of anilines is 1. The number of hydrogen-bond donors (Lipinski definition) is 1. The number of nitrogens with one attached hydrogen (secondary N) is 1. The van der Waals surface area contributed by atoms with Crippen molar-refractivity contribution in [3.8, 4) is 5.75 Å². The summed E-state index contributed by atoms with van der Waals surface area (Å²) in [5.74, 6) is 0.880. The van der Waals surface area contributed by atoms with Gasteiger partial charge < -0.3 is 14.2 Å². The zero-order valence-corrected chi connectivity index (χ0v) is 20.0. The number of rotatable bonds is 6. The monoisotopic (exact) mass is 412 g/mol. The Kier molecular flexibility index (Phi) is 6.13. The molecule has 3 rings (SSSR count). The summed E-state index contributed by atoms with van der Waals surface area (Å²) in [6.45, 7) is 17.5. The summed E-state index contributed by atoms with van der Waals surface area (Å²) >= 11 is 0. The lowest BCUT2D eigenvalue weighted by atomic mass is 9.93. The number of benzene rings is 2. The lowest BCUT2D eigenvalue weighted by molar-refractivity contribution is 0.0773. The van der Waals surface area contributed by atoms with E-state index in [0.29, 0.717) is 6.61 Å². The van der Waals surface area contributed by atoms with Crippen molar-refractivity contribution < 1.29 is 9.16 Å². The summed E-state index contributed by atoms with van der Waals surface area (Å²) in [5.41, 5.74) is 5.94. The summed E-state index contributed by atoms with van der Waals surface area (Å²) in [6, 6.07) is 18.5. The molecule has 1 atom stereocenters. The van der Waals surface area contributed by atoms with Gasteiger partial charge in [-0.1, -0.05) is 65.0 Å². The van der Waals surface area contributed by atoms with Gasteiger partial charge in [-0.15, -0.1) is 0 Å². The minimum absolute atomic E-state index is 0.0115. The molecular formula is C24H36N2O2Si. The minimum Gasteiger partial charge on any atom is -0.489 e. The van der Waals surface area contributed by atoms with Gasteiger partial charge in [0.2, 0.25) is 0 Å². The Morgan fingerprint density at radius 1 is 1.03 bits per heavy atom. The zero-order valence-electron chi connectivity index (χ0n) is 19.0. The highest BCUT2D eigenvalue weighted by Gasteiger charge is 2.46. The average molecular weight is 413 g/mol. The standard InChI is InChI=1S/C24H36N2O2Si/c1-23(2,3)29(6,7)28-22-24(4,5)18-26(25-22)20-13-15-21(16-14-20)27-17-19-11-9-8-10-12-19/h8-16,22,25H,17-18H2,1-7H3. The second-order valence-corrected chi connectivity index (χ2v) is 15.0. The van der Waals surface area contributed by atoms with E-state index in [9.17, 15) is 0 Å². The summed E-state index contributed by atoms with van der Waals surface area (Å²) in [6.07, 6.45) is 0.0115. The van der Waals surface area contributed by atoms with E-state index in [0.717, 1.165) is 18.0 Å². The van der Waals surface area contributed by atoms with E-state index in [4.69, 9.17) is 9.16 Å². The number of hydrazine groups is 1. The third-order valence-electron chi connectivity index (χ3n) is 6.16. The van der Waals surface area contributed by atoms with E-state index < -0.39 is 8.32 Å². The molecule has 2 aromatic carbocycles. The minimum atomic E-state index is -1.85. The van der Waals surface area contributed by atoms with Gasteiger partial charge in [0.15, 0.2) is 8.32 Å². The van der Waals surface area contributed by atoms with Crippen LogP contribution >= 0.6 is 0 Å². The first-order chi connectivity index (χ1) is 13.5. The van der Waals surface area contributed by atoms with Crippen LogP contribution in [0.3, 0.4) is 0 Å². The van der Waals surface area contributed by atoms with Crippen LogP contribution in [0.5, 0.6) is 5.75 Å². The van der Waals surface area contributed by atoms with Gasteiger partial charge in [0.1, 0.15) is 18.6 Å². The van der Waals surface area contributed by atoms with Gasteiger partial charge in [0.05, 0.1) is 5.69 Å². The molecule has 0 radical (unpaired) electrons. The normalized spacial score (nSPS) is 19.4. The highest BCUT2D eigenvalue weighted by molar-refractivity contribution is 6.74. The Morgan fingerprint density at radius 3 is 2.24 bits per heavy atom. The number of hydrogen-bond acceptors (Lipinski definition) is 4. The molecule has 1 saturated heterocycles. The van der Waals surface area contributed by atoms with E-state index in [2.05, 4.69) is 82.4 Å². The van der Waals surface area contributed by atoms with Crippen LogP contribution in [0.15, 0.2) is 54.6 Å². The molecule has 1 N–H and O–H groups in total. The fourth-order valence-corrected chi connectivity index (χ4v) is 4.45. The maximum absolute atomic E-state index is 6.70. The molecule has 1 unspecified atom stereocenters. The first-order valence-electron chi connectivity index (χ1n) is 10.5. The molecule has 0 saturated carbocycles. The molecule has 1 fully saturated rings. The van der Waals surface area contributed by atoms with Crippen LogP contribution in [0.25, 0.3) is 0 Å². The molecule has 0 aliphatic carbocycles. The molecule has 0 aromatic heterocycles. The molecule has 1 heterocycles. The van der Waals surface area contributed by atoms with Gasteiger partial charge in [0, 0.05) is 12.0 Å². The van der Waals surface area contributed by atoms with Crippen LogP contribution in [-0.4, -0.2) is 21.1 Å². The molecule has 5 heteroatoms. The molecule has 1 aliphatic rings. The van der Waals surface area contributed by atoms with Crippen LogP contribution in [0, 0.1) is 5.41 Å². The molecule has 1 aliphatic heterocycles. The SMILES string of the molecule is CC1(C)CN(c2ccc(OCc3ccccc3)cc2)NC1O[Si](C)(C)C(C)(C)C. The number of nitrogens with zero attached hydrogens (tertiary/aromatic N) is 1. The van der Waals surface area contributed by atoms with Gasteiger partial charge in [-0.3, -0.25) is 0 Å². The maximum Gasteiger partial charge on any atom is 0.194 e. The van der Waals surface area contributed by atoms with Gasteiger partial charge in [-0.25, -0.2) is 5.43 Å². The van der Waals surface area contributed by atoms with Crippen molar-refractivity contribution in [3.05, 3.63) is 60.2 Å². The smallest absolute Gasteiger partial charge is 0.194 e. The van der Waals surface area contributed by atoms with Crippen LogP contribution in [-0.2, 0) is 11.0 Å². The highest BCUT2D eigenvalue weighted by atomic mass is 28.4. The van der Waals surface area contributed by atoms with E-state index in [-0.39, 0.29) is 16.7 Å². The van der Waals surface area contributed by atoms with Crippen LogP contribution < -0.4 is 15.2 Å². The van der Waals surface area contributed by atoms with Gasteiger partial charge in [-0.05, 0) is 48.0 Å². The Morgan fingerprint density at radius 2 is 1.66 bits per heavy atom. The third-order valence-corrected chi connectivity index (χ3v) is 10.6. The summed E-state index contributed by atoms with van der Waals surface area (Å²) in [4.78, 5) is 0. The Balaban J connectivity index is 1.64. The van der Waals surface area contributed by atoms with Gasteiger partial charge >= 0.3 is 0 Å². The van der Waals surface area contributed by atoms with E-state index in [1.54, 1.807) is 0 Å². The first-order valence-corrected chi connectivity index (χ1v) is 13.4. The largest absolute Gasteiger partial charge is 0.489 e. The van der Waals surface area contributed by atoms with E-state index in [1.807, 2.05) is 30.3 Å². The summed E-state index contributed by atoms with van der Waals surface area (Å²) in [7, 11) is -1.85. The predicted molar refractivity (Wildman–Crippen MR) is 124 cm³/mol. The van der Waals surface area contributed by atoms with E-state index in [1.165, 1.54) is 5.56 Å². The topological polar surface area (TPSA) is 33.7 Å². The lowest BCUT2D eigenvalue weighted by Gasteiger charge is -2.41. The van der Waals surface area contributed by atoms with Crippen molar-refractivity contribution in [1.82, 2.24) is 5.43 Å². The average Bonchev–Trinajstić information content (AvgIpc) is 2.94. The Hall–Kier alpha value is -1.82. The van der Waals surface area contributed by atoms with Crippen LogP contribution in [0.1, 0.15) is 40.2 Å². The number of ether oxygens (including phenoxy) is 1. The molecule has 29 heavy (non-hydrogen) atoms. The fourth-order valence-electron chi connectivity index (χ4n) is 3.14. The van der Waals surface area contributed by atoms with E-state index >= 15 is 0 Å². The van der Waals surface area contributed by atoms with Crippen molar-refractivity contribution in [1.29, 1.82) is 0 Å². The van der Waals surface area contributed by atoms with Crippen molar-refractivity contribution in [2.24, 2.45) is 5.41 Å². The summed E-state index contributed by atoms with van der Waals surface area (Å²) < 4.78 is 12.6. The lowest BCUT2D eigenvalue weighted by Crippen LogP contribution is -2.51. The highest BCUT2D eigenvalue weighted by Crippen LogP contribution is 2.41. The molecule has 0 bridgehead atoms. The second kappa shape index (κ2) is 8.13. The maximum atomic E-state index is 6.70. The van der Waals surface area contributed by atoms with Crippen LogP contribution in [0.4, 0.5) is 5.69 Å². The van der Waals surface area contributed by atoms with Crippen LogP contribution in [0.2, 0.25) is 18.1 Å². The molecule has 2 aromatic rings. The third kappa shape index (κ3) is 5.21. The zero-order chi connectivity index (χ0) is 21.3. The first kappa shape index (κ1) is 21.9. The fraction of sp³-hybridized carbons (Fsp3) is 0.500. The Bertz CT molecular complexity index is 798. The van der Waals surface area contributed by atoms with Gasteiger partial charge in [0.25, 0.3) is 0 Å². The van der Waals surface area contributed by atoms with Crippen molar-refractivity contribution in [2.45, 2.75) is 65.6 Å². The second-order valence-electron chi connectivity index (χ2n) is 10.2. The van der Waals surface area contributed by atoms with Crippen molar-refractivity contribution >= 4 is 14.0 Å². The van der Waals surface area contributed by atoms with Gasteiger partial charge in [-0.2, -0.15) is 0 Å². The predicted octanol–water partition coefficient (Wildman–Crippen LogP) is 5.96. The van der Waals surface area contributed by atoms with Crippen molar-refractivity contribution in [2.75, 3.05) is 11.6 Å². The van der Waals surface area contributed by atoms with Crippen molar-refractivity contribution in [3.63, 3.8) is 0 Å². The Labute approximate surface area is 177 Å². The molecule has 4 nitrogen and oxygen atoms in total. The molecule has 0 spiro atoms. The molecular weight excluding hydrogens is 376 g/mol. The quantitative estimate of drug-likeness (QED) is 0.593. The molecule has 158 valence electrons. The summed E-state index contributed by atoms with van der Waals surface area (Å²) in [5, 5.41) is 2.40. The molecule has 0 amide bonds.